The third kappa shape index (κ3) is 4.25. The lowest BCUT2D eigenvalue weighted by atomic mass is 10.1. The van der Waals surface area contributed by atoms with E-state index in [1.807, 2.05) is 0 Å². The average Bonchev–Trinajstić information content (AvgIpc) is 2.76. The molecule has 1 unspecified atom stereocenters. The van der Waals surface area contributed by atoms with Gasteiger partial charge in [0.15, 0.2) is 0 Å². The lowest BCUT2D eigenvalue weighted by Crippen LogP contribution is -2.36. The fourth-order valence-corrected chi connectivity index (χ4v) is 2.60. The Kier molecular flexibility index (Phi) is 4.88. The van der Waals surface area contributed by atoms with E-state index in [-0.39, 0.29) is 0 Å². The summed E-state index contributed by atoms with van der Waals surface area (Å²) >= 11 is 0. The summed E-state index contributed by atoms with van der Waals surface area (Å²) in [7, 11) is 0. The van der Waals surface area contributed by atoms with Gasteiger partial charge < -0.3 is 5.32 Å². The van der Waals surface area contributed by atoms with Crippen LogP contribution in [0.1, 0.15) is 25.8 Å². The zero-order valence-electron chi connectivity index (χ0n) is 11.6. The number of halogens is 2. The number of hydrogen-bond donors (Lipinski definition) is 1. The highest BCUT2D eigenvalue weighted by atomic mass is 19.1. The van der Waals surface area contributed by atoms with E-state index >= 15 is 0 Å². The second-order valence-corrected chi connectivity index (χ2v) is 5.56. The van der Waals surface area contributed by atoms with Gasteiger partial charge >= 0.3 is 0 Å². The Balaban J connectivity index is 1.75. The van der Waals surface area contributed by atoms with E-state index < -0.39 is 11.6 Å². The number of hydrogen-bond acceptors (Lipinski definition) is 2. The minimum absolute atomic E-state index is 0.498. The van der Waals surface area contributed by atoms with Gasteiger partial charge in [-0.2, -0.15) is 0 Å². The maximum atomic E-state index is 13.0. The summed E-state index contributed by atoms with van der Waals surface area (Å²) < 4.78 is 26.1. The van der Waals surface area contributed by atoms with Crippen LogP contribution >= 0.6 is 0 Å². The minimum Gasteiger partial charge on any atom is -0.312 e. The lowest BCUT2D eigenvalue weighted by Gasteiger charge is -2.20. The summed E-state index contributed by atoms with van der Waals surface area (Å²) in [6.07, 6.45) is 1.81. The van der Waals surface area contributed by atoms with Crippen molar-refractivity contribution in [1.82, 2.24) is 10.2 Å². The van der Waals surface area contributed by atoms with E-state index in [4.69, 9.17) is 0 Å². The molecule has 0 bridgehead atoms. The number of nitrogens with one attached hydrogen (secondary N) is 1. The molecule has 1 aliphatic rings. The molecule has 1 N–H and O–H groups in total. The van der Waals surface area contributed by atoms with Crippen molar-refractivity contribution in [2.45, 2.75) is 38.8 Å². The Hall–Kier alpha value is -1.00. The maximum absolute atomic E-state index is 13.0. The molecule has 106 valence electrons. The standard InChI is InChI=1S/C15H22F2N2/c1-11(2)19-6-4-15(10-19)18-5-3-12-7-13(16)9-14(17)8-12/h7-9,11,15,18H,3-6,10H2,1-2H3. The minimum atomic E-state index is -0.498. The van der Waals surface area contributed by atoms with Gasteiger partial charge in [0.05, 0.1) is 0 Å². The fourth-order valence-electron chi connectivity index (χ4n) is 2.60. The van der Waals surface area contributed by atoms with Crippen LogP contribution in [0.5, 0.6) is 0 Å². The van der Waals surface area contributed by atoms with Gasteiger partial charge in [0.1, 0.15) is 11.6 Å². The highest BCUT2D eigenvalue weighted by Gasteiger charge is 2.23. The molecule has 0 saturated carbocycles. The van der Waals surface area contributed by atoms with Crippen molar-refractivity contribution in [2.24, 2.45) is 0 Å². The zero-order chi connectivity index (χ0) is 13.8. The topological polar surface area (TPSA) is 15.3 Å². The van der Waals surface area contributed by atoms with Crippen molar-refractivity contribution >= 4 is 0 Å². The molecule has 19 heavy (non-hydrogen) atoms. The molecule has 2 nitrogen and oxygen atoms in total. The number of benzene rings is 1. The van der Waals surface area contributed by atoms with Crippen molar-refractivity contribution in [1.29, 1.82) is 0 Å². The zero-order valence-corrected chi connectivity index (χ0v) is 11.6. The SMILES string of the molecule is CC(C)N1CCC(NCCc2cc(F)cc(F)c2)C1. The van der Waals surface area contributed by atoms with Gasteiger partial charge in [0.2, 0.25) is 0 Å². The van der Waals surface area contributed by atoms with Crippen LogP contribution in [0.3, 0.4) is 0 Å². The van der Waals surface area contributed by atoms with Gasteiger partial charge in [-0.3, -0.25) is 4.90 Å². The van der Waals surface area contributed by atoms with E-state index in [1.165, 1.54) is 12.1 Å². The number of likely N-dealkylation sites (tertiary alicyclic amines) is 1. The van der Waals surface area contributed by atoms with Gasteiger partial charge in [-0.05, 0) is 57.5 Å². The van der Waals surface area contributed by atoms with Gasteiger partial charge in [-0.25, -0.2) is 8.78 Å². The average molecular weight is 268 g/mol. The highest BCUT2D eigenvalue weighted by molar-refractivity contribution is 5.18. The molecule has 2 rings (SSSR count). The molecular weight excluding hydrogens is 246 g/mol. The van der Waals surface area contributed by atoms with Gasteiger partial charge in [0.25, 0.3) is 0 Å². The second kappa shape index (κ2) is 6.44. The van der Waals surface area contributed by atoms with Crippen LogP contribution in [0.2, 0.25) is 0 Å². The quantitative estimate of drug-likeness (QED) is 0.883. The first-order valence-corrected chi connectivity index (χ1v) is 6.97. The van der Waals surface area contributed by atoms with Crippen LogP contribution in [0.15, 0.2) is 18.2 Å². The normalized spacial score (nSPS) is 20.4. The van der Waals surface area contributed by atoms with Crippen LogP contribution in [0, 0.1) is 11.6 Å². The van der Waals surface area contributed by atoms with Gasteiger partial charge in [-0.1, -0.05) is 0 Å². The molecule has 0 aromatic heterocycles. The van der Waals surface area contributed by atoms with E-state index in [2.05, 4.69) is 24.1 Å². The van der Waals surface area contributed by atoms with Crippen LogP contribution in [0.4, 0.5) is 8.78 Å². The Bertz CT molecular complexity index is 400. The molecule has 1 fully saturated rings. The molecule has 0 spiro atoms. The van der Waals surface area contributed by atoms with Gasteiger partial charge in [0, 0.05) is 24.7 Å². The molecule has 0 radical (unpaired) electrons. The first-order chi connectivity index (χ1) is 9.04. The molecule has 0 aliphatic carbocycles. The van der Waals surface area contributed by atoms with Crippen molar-refractivity contribution in [2.75, 3.05) is 19.6 Å². The molecular formula is C15H22F2N2. The van der Waals surface area contributed by atoms with Crippen molar-refractivity contribution in [3.8, 4) is 0 Å². The molecule has 1 aliphatic heterocycles. The molecule has 1 atom stereocenters. The Morgan fingerprint density at radius 3 is 2.53 bits per heavy atom. The Morgan fingerprint density at radius 1 is 1.26 bits per heavy atom. The second-order valence-electron chi connectivity index (χ2n) is 5.56. The van der Waals surface area contributed by atoms with Crippen LogP contribution in [-0.4, -0.2) is 36.6 Å². The van der Waals surface area contributed by atoms with E-state index in [1.54, 1.807) is 0 Å². The first kappa shape index (κ1) is 14.4. The van der Waals surface area contributed by atoms with E-state index in [9.17, 15) is 8.78 Å². The Morgan fingerprint density at radius 2 is 1.95 bits per heavy atom. The molecule has 1 heterocycles. The van der Waals surface area contributed by atoms with Crippen molar-refractivity contribution < 1.29 is 8.78 Å². The maximum Gasteiger partial charge on any atom is 0.126 e. The smallest absolute Gasteiger partial charge is 0.126 e. The monoisotopic (exact) mass is 268 g/mol. The molecule has 4 heteroatoms. The predicted octanol–water partition coefficient (Wildman–Crippen LogP) is 2.58. The number of nitrogens with zero attached hydrogens (tertiary/aromatic N) is 1. The summed E-state index contributed by atoms with van der Waals surface area (Å²) in [6, 6.07) is 4.80. The van der Waals surface area contributed by atoms with Gasteiger partial charge in [-0.15, -0.1) is 0 Å². The van der Waals surface area contributed by atoms with Crippen LogP contribution in [0.25, 0.3) is 0 Å². The highest BCUT2D eigenvalue weighted by Crippen LogP contribution is 2.13. The summed E-state index contributed by atoms with van der Waals surface area (Å²) in [5.74, 6) is -0.997. The third-order valence-electron chi connectivity index (χ3n) is 3.72. The van der Waals surface area contributed by atoms with Crippen LogP contribution in [-0.2, 0) is 6.42 Å². The van der Waals surface area contributed by atoms with E-state index in [0.717, 1.165) is 32.1 Å². The van der Waals surface area contributed by atoms with Crippen molar-refractivity contribution in [3.63, 3.8) is 0 Å². The summed E-state index contributed by atoms with van der Waals surface area (Å²) in [6.45, 7) is 7.37. The van der Waals surface area contributed by atoms with Crippen molar-refractivity contribution in [3.05, 3.63) is 35.4 Å². The molecule has 0 amide bonds. The largest absolute Gasteiger partial charge is 0.312 e. The Labute approximate surface area is 113 Å². The predicted molar refractivity (Wildman–Crippen MR) is 73.2 cm³/mol. The summed E-state index contributed by atoms with van der Waals surface area (Å²) in [5.41, 5.74) is 0.712. The van der Waals surface area contributed by atoms with Crippen LogP contribution < -0.4 is 5.32 Å². The summed E-state index contributed by atoms with van der Waals surface area (Å²) in [4.78, 5) is 2.44. The third-order valence-corrected chi connectivity index (χ3v) is 3.72. The molecule has 1 aromatic carbocycles. The lowest BCUT2D eigenvalue weighted by molar-refractivity contribution is 0.268. The fraction of sp³-hybridized carbons (Fsp3) is 0.600. The molecule has 1 aromatic rings. The first-order valence-electron chi connectivity index (χ1n) is 6.97. The number of rotatable bonds is 5. The van der Waals surface area contributed by atoms with E-state index in [0.29, 0.717) is 24.1 Å². The summed E-state index contributed by atoms with van der Waals surface area (Å²) in [5, 5.41) is 3.47. The molecule has 1 saturated heterocycles.